The van der Waals surface area contributed by atoms with Gasteiger partial charge in [0.1, 0.15) is 0 Å². The molecule has 68 valence electrons. The molecule has 0 aliphatic heterocycles. The molecule has 0 aliphatic rings. The van der Waals surface area contributed by atoms with E-state index in [4.69, 9.17) is 4.74 Å². The van der Waals surface area contributed by atoms with Crippen LogP contribution in [-0.2, 0) is 24.2 Å². The zero-order chi connectivity index (χ0) is 8.53. The number of thiol groups is 1. The number of rotatable bonds is 6. The number of hydrogen-bond donors (Lipinski definition) is 1. The van der Waals surface area contributed by atoms with E-state index in [0.717, 1.165) is 13.0 Å². The van der Waals surface area contributed by atoms with E-state index < -0.39 is 0 Å². The van der Waals surface area contributed by atoms with Gasteiger partial charge in [0.25, 0.3) is 0 Å². The molecule has 0 fully saturated rings. The Morgan fingerprint density at radius 2 is 1.83 bits per heavy atom. The smallest absolute Gasteiger partial charge is 0.216 e. The Bertz CT molecular complexity index is 109. The van der Waals surface area contributed by atoms with E-state index in [1.54, 1.807) is 0 Å². The molecule has 0 spiro atoms. The van der Waals surface area contributed by atoms with Crippen molar-refractivity contribution in [2.45, 2.75) is 39.0 Å². The normalized spacial score (nSPS) is 8.83. The molecule has 0 N–H and O–H groups in total. The summed E-state index contributed by atoms with van der Waals surface area (Å²) in [6, 6.07) is 0. The summed E-state index contributed by atoms with van der Waals surface area (Å²) in [6.07, 6.45) is 6.25. The molecule has 0 bridgehead atoms. The minimum Gasteiger partial charge on any atom is -0.479 e. The van der Waals surface area contributed by atoms with E-state index in [2.05, 4.69) is 31.8 Å². The van der Waals surface area contributed by atoms with Crippen molar-refractivity contribution in [3.63, 3.8) is 0 Å². The predicted molar refractivity (Wildman–Crippen MR) is 56.3 cm³/mol. The summed E-state index contributed by atoms with van der Waals surface area (Å²) in [4.78, 5) is 0. The molecule has 0 aliphatic carbocycles. The third kappa shape index (κ3) is 13.5. The summed E-state index contributed by atoms with van der Waals surface area (Å²) >= 11 is 8.49. The number of hydrogen-bond acceptors (Lipinski definition) is 2. The average molecular weight is 258 g/mol. The van der Waals surface area contributed by atoms with Crippen LogP contribution in [0.1, 0.15) is 39.0 Å². The van der Waals surface area contributed by atoms with Crippen LogP contribution < -0.4 is 0 Å². The Kier molecular flexibility index (Phi) is 15.2. The van der Waals surface area contributed by atoms with Crippen LogP contribution in [0.3, 0.4) is 0 Å². The molecular weight excluding hydrogens is 242 g/mol. The first-order chi connectivity index (χ1) is 5.27. The third-order valence-electron chi connectivity index (χ3n) is 1.47. The summed E-state index contributed by atoms with van der Waals surface area (Å²) in [6.45, 7) is 2.94. The van der Waals surface area contributed by atoms with Crippen LogP contribution >= 0.6 is 24.8 Å². The van der Waals surface area contributed by atoms with Crippen molar-refractivity contribution in [1.82, 2.24) is 0 Å². The van der Waals surface area contributed by atoms with E-state index in [1.165, 1.54) is 25.7 Å². The molecule has 0 saturated carbocycles. The molecular formula is C8H16OS2Zn. The SMILES string of the molecule is CCCCCCCOC(=S)S.[Zn]. The van der Waals surface area contributed by atoms with Gasteiger partial charge in [0.15, 0.2) is 0 Å². The maximum Gasteiger partial charge on any atom is 0.216 e. The molecule has 4 heteroatoms. The molecule has 0 aromatic heterocycles. The van der Waals surface area contributed by atoms with Gasteiger partial charge in [0.05, 0.1) is 6.61 Å². The first-order valence-corrected chi connectivity index (χ1v) is 4.98. The Balaban J connectivity index is 0. The van der Waals surface area contributed by atoms with Crippen molar-refractivity contribution in [2.75, 3.05) is 6.61 Å². The maximum absolute atomic E-state index is 5.02. The topological polar surface area (TPSA) is 9.23 Å². The zero-order valence-corrected chi connectivity index (χ0v) is 12.4. The summed E-state index contributed by atoms with van der Waals surface area (Å²) < 4.78 is 5.38. The van der Waals surface area contributed by atoms with E-state index in [1.807, 2.05) is 0 Å². The Morgan fingerprint density at radius 3 is 2.33 bits per heavy atom. The molecule has 0 atom stereocenters. The first kappa shape index (κ1) is 15.3. The second-order valence-electron chi connectivity index (χ2n) is 2.53. The minimum atomic E-state index is 0. The summed E-state index contributed by atoms with van der Waals surface area (Å²) in [5.74, 6) is 0. The molecule has 0 aromatic carbocycles. The second kappa shape index (κ2) is 11.9. The molecule has 12 heavy (non-hydrogen) atoms. The van der Waals surface area contributed by atoms with Gasteiger partial charge in [-0.2, -0.15) is 0 Å². The van der Waals surface area contributed by atoms with Gasteiger partial charge < -0.3 is 4.74 Å². The summed E-state index contributed by atoms with van der Waals surface area (Å²) in [5.41, 5.74) is 0. The largest absolute Gasteiger partial charge is 0.479 e. The van der Waals surface area contributed by atoms with Crippen LogP contribution in [0.5, 0.6) is 0 Å². The molecule has 0 rings (SSSR count). The molecule has 0 heterocycles. The van der Waals surface area contributed by atoms with Crippen molar-refractivity contribution < 1.29 is 24.2 Å². The van der Waals surface area contributed by atoms with Gasteiger partial charge in [-0.25, -0.2) is 0 Å². The van der Waals surface area contributed by atoms with Gasteiger partial charge in [0.2, 0.25) is 4.38 Å². The minimum absolute atomic E-state index is 0. The average Bonchev–Trinajstić information content (AvgIpc) is 1.96. The zero-order valence-electron chi connectivity index (χ0n) is 7.71. The molecule has 0 amide bonds. The van der Waals surface area contributed by atoms with Crippen LogP contribution in [0.2, 0.25) is 0 Å². The van der Waals surface area contributed by atoms with Crippen molar-refractivity contribution in [3.8, 4) is 0 Å². The van der Waals surface area contributed by atoms with Gasteiger partial charge in [-0.3, -0.25) is 0 Å². The van der Waals surface area contributed by atoms with Crippen molar-refractivity contribution >= 4 is 29.2 Å². The molecule has 0 unspecified atom stereocenters. The van der Waals surface area contributed by atoms with Crippen molar-refractivity contribution in [1.29, 1.82) is 0 Å². The van der Waals surface area contributed by atoms with Gasteiger partial charge in [-0.15, -0.1) is 0 Å². The fourth-order valence-corrected chi connectivity index (χ4v) is 1.04. The Morgan fingerprint density at radius 1 is 1.25 bits per heavy atom. The summed E-state index contributed by atoms with van der Waals surface area (Å²) in [7, 11) is 0. The van der Waals surface area contributed by atoms with Crippen LogP contribution in [0.25, 0.3) is 0 Å². The van der Waals surface area contributed by atoms with Crippen molar-refractivity contribution in [2.24, 2.45) is 0 Å². The Labute approximate surface area is 98.8 Å². The quantitative estimate of drug-likeness (QED) is 0.339. The number of unbranched alkanes of at least 4 members (excludes halogenated alkanes) is 4. The standard InChI is InChI=1S/C8H16OS2.Zn/c1-2-3-4-5-6-7-9-8(10)11;/h2-7H2,1H3,(H,10,11);. The summed E-state index contributed by atoms with van der Waals surface area (Å²) in [5, 5.41) is 0. The fraction of sp³-hybridized carbons (Fsp3) is 0.875. The fourth-order valence-electron chi connectivity index (χ4n) is 0.865. The maximum atomic E-state index is 5.02. The molecule has 1 nitrogen and oxygen atoms in total. The van der Waals surface area contributed by atoms with Gasteiger partial charge in [0, 0.05) is 19.5 Å². The Hall–Kier alpha value is 0.863. The van der Waals surface area contributed by atoms with Crippen LogP contribution in [-0.4, -0.2) is 11.0 Å². The third-order valence-corrected chi connectivity index (χ3v) is 1.72. The van der Waals surface area contributed by atoms with Gasteiger partial charge >= 0.3 is 0 Å². The van der Waals surface area contributed by atoms with Gasteiger partial charge in [-0.1, -0.05) is 45.2 Å². The second-order valence-corrected chi connectivity index (χ2v) is 3.61. The van der Waals surface area contributed by atoms with E-state index >= 15 is 0 Å². The molecule has 0 aromatic rings. The van der Waals surface area contributed by atoms with E-state index in [9.17, 15) is 0 Å². The number of ether oxygens (including phenoxy) is 1. The predicted octanol–water partition coefficient (Wildman–Crippen LogP) is 3.19. The van der Waals surface area contributed by atoms with Gasteiger partial charge in [-0.05, 0) is 18.6 Å². The molecule has 0 saturated heterocycles. The van der Waals surface area contributed by atoms with E-state index in [0.29, 0.717) is 4.38 Å². The van der Waals surface area contributed by atoms with Crippen LogP contribution in [0.4, 0.5) is 0 Å². The van der Waals surface area contributed by atoms with E-state index in [-0.39, 0.29) is 19.5 Å². The first-order valence-electron chi connectivity index (χ1n) is 4.13. The van der Waals surface area contributed by atoms with Crippen LogP contribution in [0, 0.1) is 0 Å². The monoisotopic (exact) mass is 256 g/mol. The van der Waals surface area contributed by atoms with Crippen molar-refractivity contribution in [3.05, 3.63) is 0 Å². The van der Waals surface area contributed by atoms with Crippen LogP contribution in [0.15, 0.2) is 0 Å². The molecule has 0 radical (unpaired) electrons. The number of thiocarbonyl (C=S) groups is 1.